The maximum atomic E-state index is 7.34. The summed E-state index contributed by atoms with van der Waals surface area (Å²) in [5.74, 6) is 0.901. The van der Waals surface area contributed by atoms with E-state index in [-0.39, 0.29) is 5.84 Å². The highest BCUT2D eigenvalue weighted by molar-refractivity contribution is 7.98. The highest BCUT2D eigenvalue weighted by Crippen LogP contribution is 2.20. The van der Waals surface area contributed by atoms with Gasteiger partial charge in [0.05, 0.1) is 0 Å². The summed E-state index contributed by atoms with van der Waals surface area (Å²) in [7, 11) is 0. The third-order valence-corrected chi connectivity index (χ3v) is 3.51. The smallest absolute Gasteiger partial charge is 0.188 e. The first kappa shape index (κ1) is 13.5. The summed E-state index contributed by atoms with van der Waals surface area (Å²) in [4.78, 5) is 8.79. The molecule has 1 aromatic heterocycles. The van der Waals surface area contributed by atoms with Gasteiger partial charge < -0.3 is 5.73 Å². The van der Waals surface area contributed by atoms with Gasteiger partial charge in [-0.1, -0.05) is 36.0 Å². The number of nitrogens with two attached hydrogens (primary N) is 1. The average Bonchev–Trinajstić information content (AvgIpc) is 2.36. The molecular weight excluding hydrogens is 256 g/mol. The van der Waals surface area contributed by atoms with Crippen molar-refractivity contribution in [2.75, 3.05) is 0 Å². The van der Waals surface area contributed by atoms with Gasteiger partial charge in [0, 0.05) is 22.7 Å². The lowest BCUT2D eigenvalue weighted by atomic mass is 10.1. The minimum atomic E-state index is 0.0943. The zero-order valence-corrected chi connectivity index (χ0v) is 11.8. The number of hydrogen-bond donors (Lipinski definition) is 2. The summed E-state index contributed by atoms with van der Waals surface area (Å²) < 4.78 is 0. The number of nitrogens with one attached hydrogen (secondary N) is 1. The van der Waals surface area contributed by atoms with Crippen LogP contribution < -0.4 is 5.73 Å². The van der Waals surface area contributed by atoms with E-state index in [1.54, 1.807) is 11.8 Å². The molecule has 0 aliphatic carbocycles. The third-order valence-electron chi connectivity index (χ3n) is 2.59. The number of amidine groups is 1. The quantitative estimate of drug-likeness (QED) is 0.388. The number of thioether (sulfide) groups is 1. The van der Waals surface area contributed by atoms with Crippen molar-refractivity contribution < 1.29 is 0 Å². The van der Waals surface area contributed by atoms with Gasteiger partial charge in [-0.3, -0.25) is 5.41 Å². The number of benzene rings is 1. The van der Waals surface area contributed by atoms with E-state index in [1.807, 2.05) is 44.2 Å². The van der Waals surface area contributed by atoms with Crippen LogP contribution in [0.15, 0.2) is 35.5 Å². The standard InChI is InChI=1S/C14H16N4S/c1-9-7-10(2)18-14(17-9)19-8-11-3-5-12(6-4-11)13(15)16/h3-7H,8H2,1-2H3,(H3,15,16). The van der Waals surface area contributed by atoms with E-state index in [1.165, 1.54) is 0 Å². The van der Waals surface area contributed by atoms with Gasteiger partial charge >= 0.3 is 0 Å². The number of hydrogen-bond acceptors (Lipinski definition) is 4. The van der Waals surface area contributed by atoms with Gasteiger partial charge in [-0.05, 0) is 25.5 Å². The predicted molar refractivity (Wildman–Crippen MR) is 78.5 cm³/mol. The van der Waals surface area contributed by atoms with Crippen LogP contribution in [0.1, 0.15) is 22.5 Å². The molecular formula is C14H16N4S. The minimum absolute atomic E-state index is 0.0943. The fraction of sp³-hybridized carbons (Fsp3) is 0.214. The van der Waals surface area contributed by atoms with E-state index >= 15 is 0 Å². The van der Waals surface area contributed by atoms with Crippen molar-refractivity contribution in [1.82, 2.24) is 9.97 Å². The zero-order chi connectivity index (χ0) is 13.8. The van der Waals surface area contributed by atoms with Crippen molar-refractivity contribution in [3.63, 3.8) is 0 Å². The van der Waals surface area contributed by atoms with Gasteiger partial charge in [0.2, 0.25) is 0 Å². The lowest BCUT2D eigenvalue weighted by Gasteiger charge is -2.04. The largest absolute Gasteiger partial charge is 0.384 e. The maximum Gasteiger partial charge on any atom is 0.188 e. The Bertz CT molecular complexity index is 573. The van der Waals surface area contributed by atoms with Gasteiger partial charge in [0.25, 0.3) is 0 Å². The Labute approximate surface area is 117 Å². The van der Waals surface area contributed by atoms with Crippen LogP contribution in [0.25, 0.3) is 0 Å². The lowest BCUT2D eigenvalue weighted by Crippen LogP contribution is -2.10. The molecule has 0 bridgehead atoms. The molecule has 0 spiro atoms. The number of nitrogen functional groups attached to an aromatic ring is 1. The van der Waals surface area contributed by atoms with Crippen molar-refractivity contribution in [1.29, 1.82) is 5.41 Å². The first-order chi connectivity index (χ1) is 9.04. The molecule has 19 heavy (non-hydrogen) atoms. The monoisotopic (exact) mass is 272 g/mol. The van der Waals surface area contributed by atoms with Crippen molar-refractivity contribution in [3.05, 3.63) is 52.8 Å². The molecule has 98 valence electrons. The fourth-order valence-corrected chi connectivity index (χ4v) is 2.59. The van der Waals surface area contributed by atoms with E-state index in [9.17, 15) is 0 Å². The van der Waals surface area contributed by atoms with E-state index in [4.69, 9.17) is 11.1 Å². The number of aromatic nitrogens is 2. The number of rotatable bonds is 4. The van der Waals surface area contributed by atoms with Crippen molar-refractivity contribution in [2.24, 2.45) is 5.73 Å². The summed E-state index contributed by atoms with van der Waals surface area (Å²) in [6.45, 7) is 3.95. The van der Waals surface area contributed by atoms with E-state index < -0.39 is 0 Å². The van der Waals surface area contributed by atoms with Gasteiger partial charge in [-0.2, -0.15) is 0 Å². The molecule has 0 amide bonds. The van der Waals surface area contributed by atoms with Crippen LogP contribution in [0.4, 0.5) is 0 Å². The minimum Gasteiger partial charge on any atom is -0.384 e. The second-order valence-electron chi connectivity index (χ2n) is 4.33. The Morgan fingerprint density at radius 2 is 1.74 bits per heavy atom. The average molecular weight is 272 g/mol. The van der Waals surface area contributed by atoms with Gasteiger partial charge in [0.15, 0.2) is 5.16 Å². The van der Waals surface area contributed by atoms with Gasteiger partial charge in [-0.15, -0.1) is 0 Å². The maximum absolute atomic E-state index is 7.34. The van der Waals surface area contributed by atoms with Gasteiger partial charge in [-0.25, -0.2) is 9.97 Å². The van der Waals surface area contributed by atoms with Gasteiger partial charge in [0.1, 0.15) is 5.84 Å². The molecule has 0 aliphatic rings. The molecule has 5 heteroatoms. The first-order valence-corrected chi connectivity index (χ1v) is 6.91. The molecule has 1 heterocycles. The second kappa shape index (κ2) is 5.84. The Balaban J connectivity index is 2.03. The van der Waals surface area contributed by atoms with Crippen LogP contribution in [0.3, 0.4) is 0 Å². The number of nitrogens with zero attached hydrogens (tertiary/aromatic N) is 2. The van der Waals surface area contributed by atoms with E-state index in [2.05, 4.69) is 9.97 Å². The molecule has 2 rings (SSSR count). The van der Waals surface area contributed by atoms with Crippen LogP contribution in [-0.2, 0) is 5.75 Å². The molecule has 0 fully saturated rings. The van der Waals surface area contributed by atoms with Crippen LogP contribution in [0, 0.1) is 19.3 Å². The fourth-order valence-electron chi connectivity index (χ4n) is 1.69. The van der Waals surface area contributed by atoms with Crippen LogP contribution in [0.5, 0.6) is 0 Å². The highest BCUT2D eigenvalue weighted by Gasteiger charge is 2.02. The Kier molecular flexibility index (Phi) is 4.16. The molecule has 1 aromatic carbocycles. The topological polar surface area (TPSA) is 75.7 Å². The van der Waals surface area contributed by atoms with Crippen LogP contribution in [0.2, 0.25) is 0 Å². The lowest BCUT2D eigenvalue weighted by molar-refractivity contribution is 0.902. The van der Waals surface area contributed by atoms with E-state index in [0.717, 1.165) is 33.4 Å². The summed E-state index contributed by atoms with van der Waals surface area (Å²) in [5, 5.41) is 8.14. The highest BCUT2D eigenvalue weighted by atomic mass is 32.2. The second-order valence-corrected chi connectivity index (χ2v) is 5.28. The predicted octanol–water partition coefficient (Wildman–Crippen LogP) is 2.67. The van der Waals surface area contributed by atoms with Crippen LogP contribution >= 0.6 is 11.8 Å². The SMILES string of the molecule is Cc1cc(C)nc(SCc2ccc(C(=N)N)cc2)n1. The molecule has 3 N–H and O–H groups in total. The van der Waals surface area contributed by atoms with Crippen LogP contribution in [-0.4, -0.2) is 15.8 Å². The molecule has 4 nitrogen and oxygen atoms in total. The van der Waals surface area contributed by atoms with Crippen molar-refractivity contribution >= 4 is 17.6 Å². The zero-order valence-electron chi connectivity index (χ0n) is 11.0. The molecule has 0 atom stereocenters. The summed E-state index contributed by atoms with van der Waals surface area (Å²) in [6, 6.07) is 9.64. The summed E-state index contributed by atoms with van der Waals surface area (Å²) in [5.41, 5.74) is 9.31. The molecule has 0 radical (unpaired) electrons. The Morgan fingerprint density at radius 1 is 1.16 bits per heavy atom. The molecule has 0 unspecified atom stereocenters. The Morgan fingerprint density at radius 3 is 2.26 bits per heavy atom. The summed E-state index contributed by atoms with van der Waals surface area (Å²) in [6.07, 6.45) is 0. The third kappa shape index (κ3) is 3.79. The summed E-state index contributed by atoms with van der Waals surface area (Å²) >= 11 is 1.61. The normalized spacial score (nSPS) is 10.4. The molecule has 2 aromatic rings. The molecule has 0 aliphatic heterocycles. The number of aryl methyl sites for hydroxylation is 2. The Hall–Kier alpha value is -1.88. The van der Waals surface area contributed by atoms with Crippen molar-refractivity contribution in [2.45, 2.75) is 24.8 Å². The van der Waals surface area contributed by atoms with Crippen molar-refractivity contribution in [3.8, 4) is 0 Å². The van der Waals surface area contributed by atoms with E-state index in [0.29, 0.717) is 0 Å². The first-order valence-electron chi connectivity index (χ1n) is 5.93. The molecule has 0 saturated heterocycles. The molecule has 0 saturated carbocycles.